The average molecular weight is 265 g/mol. The van der Waals surface area contributed by atoms with Gasteiger partial charge in [0.05, 0.1) is 6.61 Å². The number of aromatic nitrogens is 2. The smallest absolute Gasteiger partial charge is 0.357 e. The Morgan fingerprint density at radius 3 is 2.62 bits per heavy atom. The molecular weight excluding hydrogens is 256 g/mol. The number of carbonyl (C=O) groups excluding carboxylic acids is 1. The number of halogens is 1. The third kappa shape index (κ3) is 3.14. The molecule has 0 aliphatic heterocycles. The Morgan fingerprint density at radius 2 is 2.12 bits per heavy atom. The average Bonchev–Trinajstić information content (AvgIpc) is 2.16. The molecule has 6 nitrogen and oxygen atoms in total. The first-order chi connectivity index (χ1) is 7.34. The summed E-state index contributed by atoms with van der Waals surface area (Å²) in [5.74, 6) is -0.739. The van der Waals surface area contributed by atoms with Gasteiger partial charge in [-0.25, -0.2) is 23.2 Å². The largest absolute Gasteiger partial charge is 0.461 e. The lowest BCUT2D eigenvalue weighted by Gasteiger charge is -2.03. The minimum Gasteiger partial charge on any atom is -0.461 e. The van der Waals surface area contributed by atoms with E-state index in [9.17, 15) is 13.2 Å². The predicted octanol–water partition coefficient (Wildman–Crippen LogP) is 0.710. The Kier molecular flexibility index (Phi) is 3.82. The summed E-state index contributed by atoms with van der Waals surface area (Å²) in [5, 5.41) is -0.624. The van der Waals surface area contributed by atoms with Crippen LogP contribution < -0.4 is 0 Å². The normalized spacial score (nSPS) is 11.2. The molecular formula is C8H9ClN2O4S. The van der Waals surface area contributed by atoms with Crippen LogP contribution in [-0.2, 0) is 14.6 Å². The molecule has 0 N–H and O–H groups in total. The van der Waals surface area contributed by atoms with Gasteiger partial charge in [-0.1, -0.05) is 11.6 Å². The van der Waals surface area contributed by atoms with E-state index < -0.39 is 21.0 Å². The van der Waals surface area contributed by atoms with E-state index >= 15 is 0 Å². The van der Waals surface area contributed by atoms with Crippen LogP contribution in [0.2, 0.25) is 5.15 Å². The van der Waals surface area contributed by atoms with E-state index in [4.69, 9.17) is 11.6 Å². The molecule has 0 radical (unpaired) electrons. The van der Waals surface area contributed by atoms with E-state index in [-0.39, 0.29) is 17.5 Å². The van der Waals surface area contributed by atoms with Crippen LogP contribution in [0.4, 0.5) is 0 Å². The van der Waals surface area contributed by atoms with Crippen molar-refractivity contribution in [2.75, 3.05) is 12.9 Å². The number of ether oxygens (including phenoxy) is 1. The van der Waals surface area contributed by atoms with Gasteiger partial charge in [0.15, 0.2) is 5.69 Å². The van der Waals surface area contributed by atoms with E-state index in [1.54, 1.807) is 6.92 Å². The van der Waals surface area contributed by atoms with Crippen LogP contribution in [0.15, 0.2) is 11.2 Å². The molecule has 0 aromatic carbocycles. The van der Waals surface area contributed by atoms with Crippen LogP contribution in [0.5, 0.6) is 0 Å². The number of esters is 1. The lowest BCUT2D eigenvalue weighted by Crippen LogP contribution is -2.12. The van der Waals surface area contributed by atoms with Gasteiger partial charge in [-0.05, 0) is 6.92 Å². The summed E-state index contributed by atoms with van der Waals surface area (Å²) >= 11 is 5.58. The Balaban J connectivity index is 3.24. The van der Waals surface area contributed by atoms with Gasteiger partial charge in [0.2, 0.25) is 15.0 Å². The van der Waals surface area contributed by atoms with Crippen molar-refractivity contribution >= 4 is 27.4 Å². The molecule has 0 bridgehead atoms. The van der Waals surface area contributed by atoms with Gasteiger partial charge in [0.1, 0.15) is 5.15 Å². The summed E-state index contributed by atoms with van der Waals surface area (Å²) in [7, 11) is -3.61. The van der Waals surface area contributed by atoms with E-state index in [0.717, 1.165) is 12.3 Å². The zero-order valence-electron chi connectivity index (χ0n) is 8.60. The molecule has 0 saturated heterocycles. The van der Waals surface area contributed by atoms with Crippen LogP contribution in [0.1, 0.15) is 17.4 Å². The van der Waals surface area contributed by atoms with Crippen molar-refractivity contribution < 1.29 is 17.9 Å². The van der Waals surface area contributed by atoms with Crippen molar-refractivity contribution in [2.24, 2.45) is 0 Å². The van der Waals surface area contributed by atoms with Crippen molar-refractivity contribution in [1.82, 2.24) is 9.97 Å². The van der Waals surface area contributed by atoms with Gasteiger partial charge >= 0.3 is 5.97 Å². The number of hydrogen-bond acceptors (Lipinski definition) is 6. The molecule has 8 heteroatoms. The molecule has 0 unspecified atom stereocenters. The summed E-state index contributed by atoms with van der Waals surface area (Å²) in [6.07, 6.45) is 0.924. The molecule has 0 fully saturated rings. The van der Waals surface area contributed by atoms with Gasteiger partial charge in [-0.15, -0.1) is 0 Å². The minimum absolute atomic E-state index is 0.126. The first kappa shape index (κ1) is 12.9. The highest BCUT2D eigenvalue weighted by molar-refractivity contribution is 7.90. The quantitative estimate of drug-likeness (QED) is 0.454. The fourth-order valence-electron chi connectivity index (χ4n) is 0.872. The van der Waals surface area contributed by atoms with Crippen molar-refractivity contribution in [3.8, 4) is 0 Å². The number of rotatable bonds is 3. The summed E-state index contributed by atoms with van der Waals surface area (Å²) in [5.41, 5.74) is -0.178. The maximum atomic E-state index is 11.3. The molecule has 1 heterocycles. The van der Waals surface area contributed by atoms with Crippen molar-refractivity contribution in [3.05, 3.63) is 16.9 Å². The molecule has 1 rings (SSSR count). The van der Waals surface area contributed by atoms with Crippen molar-refractivity contribution in [1.29, 1.82) is 0 Å². The summed E-state index contributed by atoms with van der Waals surface area (Å²) in [6, 6.07) is 1.15. The molecule has 1 aromatic heterocycles. The summed E-state index contributed by atoms with van der Waals surface area (Å²) in [6.45, 7) is 1.78. The first-order valence-corrected chi connectivity index (χ1v) is 6.53. The topological polar surface area (TPSA) is 86.2 Å². The van der Waals surface area contributed by atoms with Crippen molar-refractivity contribution in [2.45, 2.75) is 12.1 Å². The fourth-order valence-corrected chi connectivity index (χ4v) is 1.63. The van der Waals surface area contributed by atoms with E-state index in [1.165, 1.54) is 0 Å². The number of hydrogen-bond donors (Lipinski definition) is 0. The highest BCUT2D eigenvalue weighted by atomic mass is 35.5. The molecule has 0 spiro atoms. The maximum absolute atomic E-state index is 11.3. The SMILES string of the molecule is CCOC(=O)c1cc(Cl)nc(S(C)(=O)=O)n1. The molecule has 0 amide bonds. The second-order valence-corrected chi connectivity index (χ2v) is 5.15. The molecule has 88 valence electrons. The van der Waals surface area contributed by atoms with E-state index in [0.29, 0.717) is 0 Å². The van der Waals surface area contributed by atoms with Gasteiger partial charge in [-0.3, -0.25) is 0 Å². The monoisotopic (exact) mass is 264 g/mol. The van der Waals surface area contributed by atoms with Crippen LogP contribution in [0.3, 0.4) is 0 Å². The highest BCUT2D eigenvalue weighted by Gasteiger charge is 2.17. The highest BCUT2D eigenvalue weighted by Crippen LogP contribution is 2.11. The summed E-state index contributed by atoms with van der Waals surface area (Å²) in [4.78, 5) is 18.4. The number of carbonyl (C=O) groups is 1. The van der Waals surface area contributed by atoms with Gasteiger partial charge in [0, 0.05) is 12.3 Å². The Labute approximate surface area is 97.5 Å². The second-order valence-electron chi connectivity index (χ2n) is 2.85. The van der Waals surface area contributed by atoms with Crippen molar-refractivity contribution in [3.63, 3.8) is 0 Å². The fraction of sp³-hybridized carbons (Fsp3) is 0.375. The zero-order valence-corrected chi connectivity index (χ0v) is 10.2. The Bertz CT molecular complexity index is 515. The van der Waals surface area contributed by atoms with Gasteiger partial charge < -0.3 is 4.74 Å². The Morgan fingerprint density at radius 1 is 1.50 bits per heavy atom. The minimum atomic E-state index is -3.61. The van der Waals surface area contributed by atoms with Gasteiger partial charge in [-0.2, -0.15) is 0 Å². The van der Waals surface area contributed by atoms with Gasteiger partial charge in [0.25, 0.3) is 0 Å². The third-order valence-electron chi connectivity index (χ3n) is 1.49. The van der Waals surface area contributed by atoms with E-state index in [2.05, 4.69) is 14.7 Å². The van der Waals surface area contributed by atoms with Crippen LogP contribution in [0, 0.1) is 0 Å². The van der Waals surface area contributed by atoms with E-state index in [1.807, 2.05) is 0 Å². The molecule has 0 aliphatic carbocycles. The number of nitrogens with zero attached hydrogens (tertiary/aromatic N) is 2. The molecule has 0 saturated carbocycles. The standard InChI is InChI=1S/C8H9ClN2O4S/c1-3-15-7(12)5-4-6(9)11-8(10-5)16(2,13)14/h4H,3H2,1-2H3. The molecule has 16 heavy (non-hydrogen) atoms. The van der Waals surface area contributed by atoms with Crippen LogP contribution in [0.25, 0.3) is 0 Å². The lowest BCUT2D eigenvalue weighted by molar-refractivity contribution is 0.0518. The molecule has 0 aliphatic rings. The Hall–Kier alpha value is -1.21. The predicted molar refractivity (Wildman–Crippen MR) is 56.1 cm³/mol. The molecule has 0 atom stereocenters. The van der Waals surface area contributed by atoms with Crippen LogP contribution in [-0.4, -0.2) is 37.2 Å². The maximum Gasteiger partial charge on any atom is 0.357 e. The molecule has 1 aromatic rings. The zero-order chi connectivity index (χ0) is 12.3. The first-order valence-electron chi connectivity index (χ1n) is 4.26. The summed E-state index contributed by atoms with van der Waals surface area (Å²) < 4.78 is 27.0. The second kappa shape index (κ2) is 4.75. The lowest BCUT2D eigenvalue weighted by atomic mass is 10.4. The van der Waals surface area contributed by atoms with Crippen LogP contribution >= 0.6 is 11.6 Å². The third-order valence-corrected chi connectivity index (χ3v) is 2.53. The number of sulfone groups is 1.